The van der Waals surface area contributed by atoms with E-state index in [-0.39, 0.29) is 5.78 Å². The zero-order valence-electron chi connectivity index (χ0n) is 11.5. The van der Waals surface area contributed by atoms with Gasteiger partial charge in [0.05, 0.1) is 0 Å². The molecular formula is C14H22N2O2. The Hall–Kier alpha value is -1.29. The van der Waals surface area contributed by atoms with Gasteiger partial charge >= 0.3 is 0 Å². The van der Waals surface area contributed by atoms with Gasteiger partial charge in [-0.2, -0.15) is 0 Å². The van der Waals surface area contributed by atoms with E-state index in [2.05, 4.69) is 23.9 Å². The second kappa shape index (κ2) is 5.57. The first-order valence-corrected chi connectivity index (χ1v) is 6.56. The number of rotatable bonds is 4. The maximum Gasteiger partial charge on any atom is 0.196 e. The zero-order chi connectivity index (χ0) is 13.1. The number of hydrogen-bond acceptors (Lipinski definition) is 4. The predicted molar refractivity (Wildman–Crippen MR) is 72.2 cm³/mol. The second-order valence-electron chi connectivity index (χ2n) is 5.39. The number of carbonyl (C=O) groups excluding carboxylic acids is 1. The highest BCUT2D eigenvalue weighted by atomic mass is 16.4. The first-order valence-electron chi connectivity index (χ1n) is 6.56. The number of furan rings is 1. The summed E-state index contributed by atoms with van der Waals surface area (Å²) in [7, 11) is 4.25. The van der Waals surface area contributed by atoms with Gasteiger partial charge in [0, 0.05) is 32.6 Å². The van der Waals surface area contributed by atoms with E-state index in [0.717, 1.165) is 31.4 Å². The van der Waals surface area contributed by atoms with Crippen LogP contribution >= 0.6 is 0 Å². The smallest absolute Gasteiger partial charge is 0.196 e. The molecule has 0 aliphatic carbocycles. The lowest BCUT2D eigenvalue weighted by Gasteiger charge is -2.32. The van der Waals surface area contributed by atoms with Crippen molar-refractivity contribution in [2.24, 2.45) is 5.92 Å². The SMILES string of the molecule is CC(=O)c1ccc(N2CCC(CN(C)C)CC2)o1. The summed E-state index contributed by atoms with van der Waals surface area (Å²) in [5, 5.41) is 0. The van der Waals surface area contributed by atoms with E-state index in [0.29, 0.717) is 5.76 Å². The molecule has 2 rings (SSSR count). The van der Waals surface area contributed by atoms with Crippen molar-refractivity contribution in [2.75, 3.05) is 38.6 Å². The van der Waals surface area contributed by atoms with Crippen LogP contribution in [0.15, 0.2) is 16.5 Å². The van der Waals surface area contributed by atoms with Crippen molar-refractivity contribution in [1.29, 1.82) is 0 Å². The molecule has 1 fully saturated rings. The van der Waals surface area contributed by atoms with Crippen LogP contribution < -0.4 is 4.90 Å². The van der Waals surface area contributed by atoms with Crippen LogP contribution in [0.5, 0.6) is 0 Å². The molecule has 0 N–H and O–H groups in total. The topological polar surface area (TPSA) is 36.7 Å². The Balaban J connectivity index is 1.90. The molecule has 0 atom stereocenters. The van der Waals surface area contributed by atoms with Crippen LogP contribution in [0.3, 0.4) is 0 Å². The Morgan fingerprint density at radius 1 is 1.39 bits per heavy atom. The highest BCUT2D eigenvalue weighted by molar-refractivity contribution is 5.91. The summed E-state index contributed by atoms with van der Waals surface area (Å²) in [5.74, 6) is 2.06. The van der Waals surface area contributed by atoms with Gasteiger partial charge < -0.3 is 14.2 Å². The van der Waals surface area contributed by atoms with E-state index in [1.165, 1.54) is 19.8 Å². The number of anilines is 1. The van der Waals surface area contributed by atoms with Crippen molar-refractivity contribution in [3.63, 3.8) is 0 Å². The quantitative estimate of drug-likeness (QED) is 0.768. The Morgan fingerprint density at radius 2 is 2.06 bits per heavy atom. The third-order valence-corrected chi connectivity index (χ3v) is 3.49. The van der Waals surface area contributed by atoms with Gasteiger partial charge in [-0.25, -0.2) is 0 Å². The molecule has 0 aromatic carbocycles. The van der Waals surface area contributed by atoms with E-state index >= 15 is 0 Å². The summed E-state index contributed by atoms with van der Waals surface area (Å²) >= 11 is 0. The molecule has 4 nitrogen and oxygen atoms in total. The van der Waals surface area contributed by atoms with E-state index in [1.807, 2.05) is 6.07 Å². The average molecular weight is 250 g/mol. The van der Waals surface area contributed by atoms with Crippen molar-refractivity contribution >= 4 is 11.7 Å². The molecule has 0 bridgehead atoms. The lowest BCUT2D eigenvalue weighted by Crippen LogP contribution is -2.36. The van der Waals surface area contributed by atoms with Gasteiger partial charge in [-0.3, -0.25) is 4.79 Å². The van der Waals surface area contributed by atoms with E-state index in [4.69, 9.17) is 4.42 Å². The molecule has 1 aliphatic heterocycles. The van der Waals surface area contributed by atoms with Gasteiger partial charge in [0.15, 0.2) is 17.4 Å². The van der Waals surface area contributed by atoms with Gasteiger partial charge in [-0.15, -0.1) is 0 Å². The first-order chi connectivity index (χ1) is 8.56. The summed E-state index contributed by atoms with van der Waals surface area (Å²) in [4.78, 5) is 15.7. The molecule has 1 aromatic rings. The van der Waals surface area contributed by atoms with Crippen LogP contribution in [0.4, 0.5) is 5.88 Å². The highest BCUT2D eigenvalue weighted by Crippen LogP contribution is 2.25. The first kappa shape index (κ1) is 13.1. The van der Waals surface area contributed by atoms with Crippen molar-refractivity contribution in [3.05, 3.63) is 17.9 Å². The highest BCUT2D eigenvalue weighted by Gasteiger charge is 2.22. The van der Waals surface area contributed by atoms with Gasteiger partial charge in [-0.05, 0) is 38.9 Å². The summed E-state index contributed by atoms with van der Waals surface area (Å²) in [6.45, 7) is 4.73. The molecule has 0 unspecified atom stereocenters. The van der Waals surface area contributed by atoms with E-state index in [9.17, 15) is 4.79 Å². The monoisotopic (exact) mass is 250 g/mol. The maximum absolute atomic E-state index is 11.2. The normalized spacial score (nSPS) is 17.4. The van der Waals surface area contributed by atoms with Gasteiger partial charge in [0.1, 0.15) is 0 Å². The molecule has 0 radical (unpaired) electrons. The minimum atomic E-state index is -0.0104. The fourth-order valence-electron chi connectivity index (χ4n) is 2.54. The molecule has 1 saturated heterocycles. The maximum atomic E-state index is 11.2. The summed E-state index contributed by atoms with van der Waals surface area (Å²) in [5.41, 5.74) is 0. The molecule has 0 spiro atoms. The molecule has 4 heteroatoms. The number of Topliss-reactive ketones (excluding diaryl/α,β-unsaturated/α-hetero) is 1. The van der Waals surface area contributed by atoms with Crippen LogP contribution in [0.1, 0.15) is 30.3 Å². The molecule has 0 amide bonds. The Labute approximate surface area is 109 Å². The number of nitrogens with zero attached hydrogens (tertiary/aromatic N) is 2. The number of hydrogen-bond donors (Lipinski definition) is 0. The number of ketones is 1. The van der Waals surface area contributed by atoms with Crippen LogP contribution in [-0.4, -0.2) is 44.4 Å². The molecule has 2 heterocycles. The van der Waals surface area contributed by atoms with E-state index in [1.54, 1.807) is 6.07 Å². The summed E-state index contributed by atoms with van der Waals surface area (Å²) < 4.78 is 5.57. The van der Waals surface area contributed by atoms with Gasteiger partial charge in [0.2, 0.25) is 0 Å². The van der Waals surface area contributed by atoms with Gasteiger partial charge in [-0.1, -0.05) is 0 Å². The summed E-state index contributed by atoms with van der Waals surface area (Å²) in [6, 6.07) is 3.67. The number of carbonyl (C=O) groups is 1. The third kappa shape index (κ3) is 3.13. The minimum Gasteiger partial charge on any atom is -0.437 e. The van der Waals surface area contributed by atoms with Crippen molar-refractivity contribution in [1.82, 2.24) is 4.90 Å². The minimum absolute atomic E-state index is 0.0104. The van der Waals surface area contributed by atoms with Crippen molar-refractivity contribution < 1.29 is 9.21 Å². The zero-order valence-corrected chi connectivity index (χ0v) is 11.5. The second-order valence-corrected chi connectivity index (χ2v) is 5.39. The Bertz CT molecular complexity index is 404. The van der Waals surface area contributed by atoms with Crippen molar-refractivity contribution in [3.8, 4) is 0 Å². The lowest BCUT2D eigenvalue weighted by molar-refractivity contribution is 0.0987. The number of piperidine rings is 1. The molecular weight excluding hydrogens is 228 g/mol. The average Bonchev–Trinajstić information content (AvgIpc) is 2.78. The van der Waals surface area contributed by atoms with Crippen molar-refractivity contribution in [2.45, 2.75) is 19.8 Å². The van der Waals surface area contributed by atoms with Crippen LogP contribution in [0, 0.1) is 5.92 Å². The van der Waals surface area contributed by atoms with Crippen LogP contribution in [0.25, 0.3) is 0 Å². The summed E-state index contributed by atoms with van der Waals surface area (Å²) in [6.07, 6.45) is 2.38. The third-order valence-electron chi connectivity index (χ3n) is 3.49. The van der Waals surface area contributed by atoms with Gasteiger partial charge in [0.25, 0.3) is 0 Å². The molecule has 100 valence electrons. The Morgan fingerprint density at radius 3 is 2.56 bits per heavy atom. The molecule has 18 heavy (non-hydrogen) atoms. The van der Waals surface area contributed by atoms with Crippen LogP contribution in [-0.2, 0) is 0 Å². The predicted octanol–water partition coefficient (Wildman–Crippen LogP) is 2.26. The molecule has 1 aromatic heterocycles. The standard InChI is InChI=1S/C14H22N2O2/c1-11(17)13-4-5-14(18-13)16-8-6-12(7-9-16)10-15(2)3/h4-5,12H,6-10H2,1-3H3. The lowest BCUT2D eigenvalue weighted by atomic mass is 9.96. The Kier molecular flexibility index (Phi) is 4.07. The molecule has 0 saturated carbocycles. The largest absolute Gasteiger partial charge is 0.437 e. The fourth-order valence-corrected chi connectivity index (χ4v) is 2.54. The fraction of sp³-hybridized carbons (Fsp3) is 0.643. The van der Waals surface area contributed by atoms with Crippen LogP contribution in [0.2, 0.25) is 0 Å². The molecule has 1 aliphatic rings. The van der Waals surface area contributed by atoms with E-state index < -0.39 is 0 Å².